The molecule has 0 radical (unpaired) electrons. The summed E-state index contributed by atoms with van der Waals surface area (Å²) in [7, 11) is 0. The van der Waals surface area contributed by atoms with Crippen molar-refractivity contribution >= 4 is 47.3 Å². The van der Waals surface area contributed by atoms with E-state index in [9.17, 15) is 0 Å². The molecule has 7 nitrogen and oxygen atoms in total. The van der Waals surface area contributed by atoms with Crippen LogP contribution in [0.25, 0.3) is 0 Å². The molecule has 2 N–H and O–H groups in total. The second-order valence-corrected chi connectivity index (χ2v) is 6.16. The van der Waals surface area contributed by atoms with Gasteiger partial charge in [-0.15, -0.1) is 12.4 Å². The average molecular weight is 402 g/mol. The van der Waals surface area contributed by atoms with E-state index in [1.54, 1.807) is 12.1 Å². The maximum atomic E-state index is 8.80. The molecule has 3 rings (SSSR count). The number of aromatic nitrogens is 4. The molecule has 0 amide bonds. The summed E-state index contributed by atoms with van der Waals surface area (Å²) in [5, 5.41) is 15.1. The highest BCUT2D eigenvalue weighted by Crippen LogP contribution is 2.25. The molecule has 2 heterocycles. The van der Waals surface area contributed by atoms with Crippen molar-refractivity contribution in [3.8, 4) is 6.07 Å². The van der Waals surface area contributed by atoms with E-state index in [1.807, 2.05) is 19.9 Å². The Balaban J connectivity index is 0.00000261. The van der Waals surface area contributed by atoms with Crippen molar-refractivity contribution in [2.75, 3.05) is 10.6 Å². The molecule has 0 atom stereocenters. The second kappa shape index (κ2) is 8.62. The van der Waals surface area contributed by atoms with Crippen LogP contribution in [0.3, 0.4) is 0 Å². The highest BCUT2D eigenvalue weighted by molar-refractivity contribution is 6.28. The van der Waals surface area contributed by atoms with Gasteiger partial charge in [0, 0.05) is 5.69 Å². The maximum absolute atomic E-state index is 8.80. The van der Waals surface area contributed by atoms with Crippen molar-refractivity contribution in [2.45, 2.75) is 20.8 Å². The molecule has 2 aromatic heterocycles. The van der Waals surface area contributed by atoms with Crippen LogP contribution < -0.4 is 10.6 Å². The number of rotatable bonds is 4. The van der Waals surface area contributed by atoms with Gasteiger partial charge in [-0.25, -0.2) is 4.98 Å². The first-order valence-electron chi connectivity index (χ1n) is 7.84. The molecule has 0 unspecified atom stereocenters. The van der Waals surface area contributed by atoms with Crippen molar-refractivity contribution in [1.29, 1.82) is 5.26 Å². The first-order chi connectivity index (χ1) is 12.4. The van der Waals surface area contributed by atoms with E-state index in [0.717, 1.165) is 16.8 Å². The summed E-state index contributed by atoms with van der Waals surface area (Å²) in [6.45, 7) is 6.09. The number of benzene rings is 1. The van der Waals surface area contributed by atoms with E-state index in [1.165, 1.54) is 11.8 Å². The normalized spacial score (nSPS) is 9.89. The van der Waals surface area contributed by atoms with Crippen LogP contribution in [0, 0.1) is 32.1 Å². The highest BCUT2D eigenvalue weighted by atomic mass is 35.5. The minimum atomic E-state index is 0. The zero-order valence-electron chi connectivity index (χ0n) is 14.9. The monoisotopic (exact) mass is 401 g/mol. The van der Waals surface area contributed by atoms with Crippen LogP contribution in [0.1, 0.15) is 22.4 Å². The molecule has 0 fully saturated rings. The smallest absolute Gasteiger partial charge is 0.233 e. The molecule has 1 aromatic carbocycles. The number of halogens is 2. The third-order valence-electron chi connectivity index (χ3n) is 3.66. The topological polar surface area (TPSA) is 99.4 Å². The van der Waals surface area contributed by atoms with Crippen molar-refractivity contribution in [3.63, 3.8) is 0 Å². The quantitative estimate of drug-likeness (QED) is 0.657. The van der Waals surface area contributed by atoms with Crippen LogP contribution in [-0.2, 0) is 0 Å². The number of pyridine rings is 1. The van der Waals surface area contributed by atoms with Gasteiger partial charge in [0.1, 0.15) is 11.8 Å². The number of nitrogens with one attached hydrogen (secondary N) is 2. The molecule has 0 saturated carbocycles. The van der Waals surface area contributed by atoms with E-state index in [2.05, 4.69) is 49.6 Å². The van der Waals surface area contributed by atoms with E-state index in [4.69, 9.17) is 16.9 Å². The van der Waals surface area contributed by atoms with E-state index >= 15 is 0 Å². The fourth-order valence-electron chi connectivity index (χ4n) is 2.61. The molecule has 0 bridgehead atoms. The molecule has 138 valence electrons. The Morgan fingerprint density at radius 3 is 2.15 bits per heavy atom. The van der Waals surface area contributed by atoms with Crippen LogP contribution >= 0.6 is 24.0 Å². The van der Waals surface area contributed by atoms with Crippen LogP contribution in [0.2, 0.25) is 5.28 Å². The van der Waals surface area contributed by atoms with Crippen LogP contribution in [0.4, 0.5) is 23.3 Å². The fraction of sp³-hybridized carbons (Fsp3) is 0.167. The third-order valence-corrected chi connectivity index (χ3v) is 3.83. The predicted octanol–water partition coefficient (Wildman–Crippen LogP) is 4.63. The van der Waals surface area contributed by atoms with Crippen molar-refractivity contribution in [3.05, 3.63) is 58.1 Å². The SMILES string of the molecule is Cc1cc(C)c(Nc2nc(Cl)nc(Nc3ccc(C#N)nc3)n2)c(C)c1.Cl. The van der Waals surface area contributed by atoms with Gasteiger partial charge in [0.05, 0.1) is 11.9 Å². The molecule has 0 aliphatic heterocycles. The van der Waals surface area contributed by atoms with Gasteiger partial charge in [-0.1, -0.05) is 17.7 Å². The van der Waals surface area contributed by atoms with E-state index < -0.39 is 0 Å². The van der Waals surface area contributed by atoms with E-state index in [-0.39, 0.29) is 23.6 Å². The lowest BCUT2D eigenvalue weighted by molar-refractivity contribution is 1.05. The van der Waals surface area contributed by atoms with Gasteiger partial charge in [-0.2, -0.15) is 20.2 Å². The summed E-state index contributed by atoms with van der Waals surface area (Å²) in [5.41, 5.74) is 5.27. The summed E-state index contributed by atoms with van der Waals surface area (Å²) < 4.78 is 0. The van der Waals surface area contributed by atoms with Crippen LogP contribution in [0.5, 0.6) is 0 Å². The maximum Gasteiger partial charge on any atom is 0.233 e. The lowest BCUT2D eigenvalue weighted by Crippen LogP contribution is -2.06. The Morgan fingerprint density at radius 1 is 0.963 bits per heavy atom. The summed E-state index contributed by atoms with van der Waals surface area (Å²) in [4.78, 5) is 16.6. The fourth-order valence-corrected chi connectivity index (χ4v) is 2.77. The highest BCUT2D eigenvalue weighted by Gasteiger charge is 2.10. The van der Waals surface area contributed by atoms with Crippen LogP contribution in [-0.4, -0.2) is 19.9 Å². The van der Waals surface area contributed by atoms with Gasteiger partial charge in [0.25, 0.3) is 0 Å². The largest absolute Gasteiger partial charge is 0.324 e. The minimum Gasteiger partial charge on any atom is -0.324 e. The summed E-state index contributed by atoms with van der Waals surface area (Å²) >= 11 is 6.03. The predicted molar refractivity (Wildman–Crippen MR) is 108 cm³/mol. The molecule has 3 aromatic rings. The van der Waals surface area contributed by atoms with Crippen molar-refractivity contribution < 1.29 is 0 Å². The molecule has 0 saturated heterocycles. The Kier molecular flexibility index (Phi) is 6.50. The molecule has 0 aliphatic rings. The number of nitriles is 1. The first kappa shape index (κ1) is 20.4. The van der Waals surface area contributed by atoms with Crippen molar-refractivity contribution in [1.82, 2.24) is 19.9 Å². The minimum absolute atomic E-state index is 0. The average Bonchev–Trinajstić information content (AvgIpc) is 2.58. The van der Waals surface area contributed by atoms with Gasteiger partial charge in [-0.05, 0) is 55.6 Å². The Bertz CT molecular complexity index is 975. The number of hydrogen-bond donors (Lipinski definition) is 2. The number of aryl methyl sites for hydroxylation is 3. The van der Waals surface area contributed by atoms with Crippen LogP contribution in [0.15, 0.2) is 30.5 Å². The lowest BCUT2D eigenvalue weighted by atomic mass is 10.1. The Hall–Kier alpha value is -2.95. The molecule has 0 aliphatic carbocycles. The Labute approximate surface area is 168 Å². The molecule has 27 heavy (non-hydrogen) atoms. The summed E-state index contributed by atoms with van der Waals surface area (Å²) in [6, 6.07) is 9.45. The van der Waals surface area contributed by atoms with E-state index in [0.29, 0.717) is 17.3 Å². The first-order valence-corrected chi connectivity index (χ1v) is 8.22. The van der Waals surface area contributed by atoms with Gasteiger partial charge in [0.2, 0.25) is 17.2 Å². The number of hydrogen-bond acceptors (Lipinski definition) is 7. The molecule has 9 heteroatoms. The zero-order valence-corrected chi connectivity index (χ0v) is 16.5. The number of nitrogens with zero attached hydrogens (tertiary/aromatic N) is 5. The van der Waals surface area contributed by atoms with Gasteiger partial charge < -0.3 is 10.6 Å². The zero-order chi connectivity index (χ0) is 18.7. The number of anilines is 4. The van der Waals surface area contributed by atoms with Gasteiger partial charge >= 0.3 is 0 Å². The van der Waals surface area contributed by atoms with Crippen molar-refractivity contribution in [2.24, 2.45) is 0 Å². The molecular weight excluding hydrogens is 385 g/mol. The molecule has 0 spiro atoms. The summed E-state index contributed by atoms with van der Waals surface area (Å²) in [6.07, 6.45) is 1.53. The lowest BCUT2D eigenvalue weighted by Gasteiger charge is -2.13. The molecular formula is C18H17Cl2N7. The second-order valence-electron chi connectivity index (χ2n) is 5.82. The summed E-state index contributed by atoms with van der Waals surface area (Å²) in [5.74, 6) is 0.616. The van der Waals surface area contributed by atoms with Gasteiger partial charge in [-0.3, -0.25) is 0 Å². The third kappa shape index (κ3) is 5.03. The van der Waals surface area contributed by atoms with Gasteiger partial charge in [0.15, 0.2) is 0 Å². The standard InChI is InChI=1S/C18H16ClN7.ClH/c1-10-6-11(2)15(12(3)7-10)23-18-25-16(19)24-17(26-18)22-14-5-4-13(8-20)21-9-14;/h4-7,9H,1-3H3,(H2,22,23,24,25,26);1H. The Morgan fingerprint density at radius 2 is 1.59 bits per heavy atom.